The second kappa shape index (κ2) is 2.77. The van der Waals surface area contributed by atoms with E-state index in [0.717, 1.165) is 5.56 Å². The van der Waals surface area contributed by atoms with Gasteiger partial charge in [0.2, 0.25) is 0 Å². The molecule has 3 saturated carbocycles. The van der Waals surface area contributed by atoms with Crippen LogP contribution in [0.25, 0.3) is 0 Å². The van der Waals surface area contributed by atoms with Crippen molar-refractivity contribution in [3.05, 3.63) is 35.4 Å². The Labute approximate surface area is 103 Å². The Kier molecular flexibility index (Phi) is 1.67. The molecule has 4 atom stereocenters. The molecule has 0 aliphatic heterocycles. The highest BCUT2D eigenvalue weighted by atomic mass is 19.4. The van der Waals surface area contributed by atoms with Gasteiger partial charge in [-0.05, 0) is 47.8 Å². The molecule has 0 radical (unpaired) electrons. The molecule has 1 unspecified atom stereocenters. The minimum Gasteiger partial charge on any atom is -0.327 e. The zero-order valence-electron chi connectivity index (χ0n) is 9.80. The molecule has 3 aliphatic rings. The molecule has 4 heteroatoms. The van der Waals surface area contributed by atoms with Gasteiger partial charge in [-0.15, -0.1) is 0 Å². The number of hydrogen-bond donors (Lipinski definition) is 1. The van der Waals surface area contributed by atoms with Gasteiger partial charge in [-0.3, -0.25) is 0 Å². The first-order valence-electron chi connectivity index (χ1n) is 6.34. The minimum atomic E-state index is -4.25. The second-order valence-electron chi connectivity index (χ2n) is 6.11. The van der Waals surface area contributed by atoms with Gasteiger partial charge in [-0.2, -0.15) is 13.2 Å². The molecular formula is C14H14F3N. The highest BCUT2D eigenvalue weighted by Crippen LogP contribution is 2.92. The van der Waals surface area contributed by atoms with E-state index in [1.807, 2.05) is 0 Å². The summed E-state index contributed by atoms with van der Waals surface area (Å²) in [7, 11) is 0. The third-order valence-electron chi connectivity index (χ3n) is 5.70. The number of alkyl halides is 3. The molecule has 3 fully saturated rings. The monoisotopic (exact) mass is 253 g/mol. The fourth-order valence-corrected chi connectivity index (χ4v) is 4.63. The van der Waals surface area contributed by atoms with Crippen molar-refractivity contribution >= 4 is 0 Å². The zero-order chi connectivity index (χ0) is 12.8. The van der Waals surface area contributed by atoms with Crippen LogP contribution in [0, 0.1) is 10.8 Å². The summed E-state index contributed by atoms with van der Waals surface area (Å²) in [4.78, 5) is 0. The normalized spacial score (nSPS) is 44.4. The first-order valence-corrected chi connectivity index (χ1v) is 6.34. The topological polar surface area (TPSA) is 26.0 Å². The van der Waals surface area contributed by atoms with Crippen LogP contribution in [0.1, 0.15) is 36.3 Å². The van der Waals surface area contributed by atoms with E-state index in [9.17, 15) is 13.2 Å². The molecule has 0 aromatic heterocycles. The maximum atomic E-state index is 12.5. The van der Waals surface area contributed by atoms with Crippen LogP contribution in [-0.2, 0) is 6.18 Å². The van der Waals surface area contributed by atoms with E-state index in [4.69, 9.17) is 5.73 Å². The molecule has 4 rings (SSSR count). The molecule has 2 N–H and O–H groups in total. The van der Waals surface area contributed by atoms with Crippen molar-refractivity contribution in [3.8, 4) is 0 Å². The average Bonchev–Trinajstić information content (AvgIpc) is 2.68. The number of halogens is 3. The minimum absolute atomic E-state index is 0.156. The first-order chi connectivity index (χ1) is 8.41. The van der Waals surface area contributed by atoms with Crippen LogP contribution < -0.4 is 5.73 Å². The lowest BCUT2D eigenvalue weighted by atomic mass is 9.49. The van der Waals surface area contributed by atoms with Gasteiger partial charge in [0.1, 0.15) is 0 Å². The van der Waals surface area contributed by atoms with Gasteiger partial charge in [0.15, 0.2) is 0 Å². The van der Waals surface area contributed by atoms with E-state index < -0.39 is 11.7 Å². The van der Waals surface area contributed by atoms with Crippen molar-refractivity contribution in [3.63, 3.8) is 0 Å². The second-order valence-corrected chi connectivity index (χ2v) is 6.11. The van der Waals surface area contributed by atoms with Crippen LogP contribution in [0.4, 0.5) is 13.2 Å². The van der Waals surface area contributed by atoms with E-state index in [-0.39, 0.29) is 12.0 Å². The van der Waals surface area contributed by atoms with E-state index in [2.05, 4.69) is 0 Å². The predicted octanol–water partition coefficient (Wildman–Crippen LogP) is 3.30. The third kappa shape index (κ3) is 0.967. The Morgan fingerprint density at radius 1 is 1.06 bits per heavy atom. The summed E-state index contributed by atoms with van der Waals surface area (Å²) in [6.45, 7) is 0. The highest BCUT2D eigenvalue weighted by Gasteiger charge is 2.87. The number of nitrogens with two attached hydrogens (primary N) is 1. The quantitative estimate of drug-likeness (QED) is 0.816. The summed E-state index contributed by atoms with van der Waals surface area (Å²) in [6, 6.07) is 5.74. The van der Waals surface area contributed by atoms with E-state index in [0.29, 0.717) is 10.8 Å². The summed E-state index contributed by atoms with van der Waals surface area (Å²) < 4.78 is 37.5. The molecule has 0 bridgehead atoms. The van der Waals surface area contributed by atoms with E-state index >= 15 is 0 Å². The molecule has 96 valence electrons. The van der Waals surface area contributed by atoms with Crippen molar-refractivity contribution in [1.82, 2.24) is 0 Å². The molecule has 0 spiro atoms. The average molecular weight is 253 g/mol. The molecule has 3 aliphatic carbocycles. The van der Waals surface area contributed by atoms with Gasteiger partial charge in [0, 0.05) is 12.0 Å². The Hall–Kier alpha value is -1.03. The molecule has 1 nitrogen and oxygen atoms in total. The van der Waals surface area contributed by atoms with Crippen LogP contribution in [0.15, 0.2) is 24.3 Å². The van der Waals surface area contributed by atoms with Crippen molar-refractivity contribution in [2.75, 3.05) is 0 Å². The Balaban J connectivity index is 1.64. The number of hydrogen-bond acceptors (Lipinski definition) is 1. The fraction of sp³-hybridized carbons (Fsp3) is 0.571. The van der Waals surface area contributed by atoms with Crippen molar-refractivity contribution < 1.29 is 13.2 Å². The van der Waals surface area contributed by atoms with Gasteiger partial charge >= 0.3 is 6.18 Å². The summed E-state index contributed by atoms with van der Waals surface area (Å²) >= 11 is 0. The predicted molar refractivity (Wildman–Crippen MR) is 60.9 cm³/mol. The van der Waals surface area contributed by atoms with Crippen molar-refractivity contribution in [2.24, 2.45) is 16.6 Å². The van der Waals surface area contributed by atoms with Crippen LogP contribution in [0.5, 0.6) is 0 Å². The smallest absolute Gasteiger partial charge is 0.327 e. The largest absolute Gasteiger partial charge is 0.416 e. The zero-order valence-corrected chi connectivity index (χ0v) is 9.80. The third-order valence-corrected chi connectivity index (χ3v) is 5.70. The molecule has 1 aromatic rings. The number of rotatable bonds is 1. The molecular weight excluding hydrogens is 239 g/mol. The summed E-state index contributed by atoms with van der Waals surface area (Å²) in [5.74, 6) is 0.286. The molecule has 0 heterocycles. The van der Waals surface area contributed by atoms with Crippen LogP contribution in [-0.4, -0.2) is 6.04 Å². The lowest BCUT2D eigenvalue weighted by molar-refractivity contribution is -0.137. The van der Waals surface area contributed by atoms with Gasteiger partial charge in [0.25, 0.3) is 0 Å². The Morgan fingerprint density at radius 3 is 2.06 bits per heavy atom. The van der Waals surface area contributed by atoms with Gasteiger partial charge in [0.05, 0.1) is 5.56 Å². The fourth-order valence-electron chi connectivity index (χ4n) is 4.63. The lowest BCUT2D eigenvalue weighted by Crippen LogP contribution is -2.59. The number of benzene rings is 1. The van der Waals surface area contributed by atoms with Gasteiger partial charge in [-0.1, -0.05) is 12.1 Å². The molecule has 1 aromatic carbocycles. The van der Waals surface area contributed by atoms with Gasteiger partial charge < -0.3 is 5.73 Å². The Bertz CT molecular complexity index is 521. The molecule has 0 amide bonds. The van der Waals surface area contributed by atoms with Crippen LogP contribution >= 0.6 is 0 Å². The SMILES string of the molecule is N[C@H]1[C@H](c2ccc(C(F)(F)F)cc2)C23CC[C@@]12C3. The maximum absolute atomic E-state index is 12.5. The molecule has 0 saturated heterocycles. The summed E-state index contributed by atoms with van der Waals surface area (Å²) in [6.07, 6.45) is -0.650. The Morgan fingerprint density at radius 2 is 1.67 bits per heavy atom. The van der Waals surface area contributed by atoms with E-state index in [1.54, 1.807) is 12.1 Å². The lowest BCUT2D eigenvalue weighted by Gasteiger charge is -2.57. The van der Waals surface area contributed by atoms with Crippen LogP contribution in [0.2, 0.25) is 0 Å². The summed E-state index contributed by atoms with van der Waals surface area (Å²) in [5.41, 5.74) is 7.37. The van der Waals surface area contributed by atoms with E-state index in [1.165, 1.54) is 31.4 Å². The molecule has 18 heavy (non-hydrogen) atoms. The highest BCUT2D eigenvalue weighted by molar-refractivity contribution is 5.47. The maximum Gasteiger partial charge on any atom is 0.416 e. The van der Waals surface area contributed by atoms with Crippen LogP contribution in [0.3, 0.4) is 0 Å². The standard InChI is InChI=1S/C14H14F3N/c15-14(16,17)9-3-1-8(2-4-9)10-11(18)13-6-5-12(10,13)7-13/h1-4,10-11H,5-7,18H2/t10-,11-,12?,13+/m0/s1. The summed E-state index contributed by atoms with van der Waals surface area (Å²) in [5, 5.41) is 0. The van der Waals surface area contributed by atoms with Crippen molar-refractivity contribution in [2.45, 2.75) is 37.4 Å². The van der Waals surface area contributed by atoms with Crippen molar-refractivity contribution in [1.29, 1.82) is 0 Å². The van der Waals surface area contributed by atoms with Gasteiger partial charge in [-0.25, -0.2) is 0 Å². The first kappa shape index (κ1) is 10.9.